The average molecular weight is 262 g/mol. The lowest BCUT2D eigenvalue weighted by atomic mass is 10.3. The Morgan fingerprint density at radius 1 is 1.61 bits per heavy atom. The van der Waals surface area contributed by atoms with Crippen LogP contribution in [-0.4, -0.2) is 22.8 Å². The second-order valence-electron chi connectivity index (χ2n) is 3.34. The highest BCUT2D eigenvalue weighted by molar-refractivity contribution is 7.10. The molecule has 2 aromatic rings. The predicted octanol–water partition coefficient (Wildman–Crippen LogP) is 1.72. The van der Waals surface area contributed by atoms with Crippen molar-refractivity contribution in [3.8, 4) is 11.8 Å². The van der Waals surface area contributed by atoms with E-state index in [-0.39, 0.29) is 12.5 Å². The maximum Gasteiger partial charge on any atom is 0.256 e. The molecule has 0 aliphatic rings. The quantitative estimate of drug-likeness (QED) is 0.826. The SMILES string of the molecule is O=C(Nc1cnoc1)c1csc(C#CCCO)c1. The van der Waals surface area contributed by atoms with Crippen LogP contribution in [0, 0.1) is 11.8 Å². The van der Waals surface area contributed by atoms with Gasteiger partial charge in [-0.05, 0) is 6.07 Å². The van der Waals surface area contributed by atoms with E-state index in [0.717, 1.165) is 4.88 Å². The monoisotopic (exact) mass is 262 g/mol. The molecule has 0 atom stereocenters. The van der Waals surface area contributed by atoms with Crippen molar-refractivity contribution in [2.45, 2.75) is 6.42 Å². The molecule has 0 unspecified atom stereocenters. The van der Waals surface area contributed by atoms with E-state index in [4.69, 9.17) is 5.11 Å². The molecule has 0 aromatic carbocycles. The van der Waals surface area contributed by atoms with Crippen molar-refractivity contribution in [1.29, 1.82) is 0 Å². The van der Waals surface area contributed by atoms with Crippen LogP contribution in [0.5, 0.6) is 0 Å². The minimum Gasteiger partial charge on any atom is -0.395 e. The smallest absolute Gasteiger partial charge is 0.256 e. The average Bonchev–Trinajstić information content (AvgIpc) is 3.00. The number of aliphatic hydroxyl groups excluding tert-OH is 1. The maximum absolute atomic E-state index is 11.8. The lowest BCUT2D eigenvalue weighted by molar-refractivity contribution is 0.102. The van der Waals surface area contributed by atoms with Crippen molar-refractivity contribution in [2.75, 3.05) is 11.9 Å². The van der Waals surface area contributed by atoms with Crippen molar-refractivity contribution in [1.82, 2.24) is 5.16 Å². The van der Waals surface area contributed by atoms with Crippen LogP contribution in [0.1, 0.15) is 21.7 Å². The van der Waals surface area contributed by atoms with Gasteiger partial charge < -0.3 is 14.9 Å². The summed E-state index contributed by atoms with van der Waals surface area (Å²) < 4.78 is 4.61. The molecule has 1 amide bonds. The van der Waals surface area contributed by atoms with Gasteiger partial charge in [-0.3, -0.25) is 4.79 Å². The van der Waals surface area contributed by atoms with Gasteiger partial charge in [0.2, 0.25) is 0 Å². The third kappa shape index (κ3) is 3.20. The van der Waals surface area contributed by atoms with E-state index in [1.807, 2.05) is 0 Å². The topological polar surface area (TPSA) is 75.4 Å². The molecule has 5 nitrogen and oxygen atoms in total. The fourth-order valence-electron chi connectivity index (χ4n) is 1.20. The first-order valence-electron chi connectivity index (χ1n) is 5.18. The largest absolute Gasteiger partial charge is 0.395 e. The van der Waals surface area contributed by atoms with Crippen LogP contribution in [0.15, 0.2) is 28.4 Å². The summed E-state index contributed by atoms with van der Waals surface area (Å²) >= 11 is 1.39. The van der Waals surface area contributed by atoms with E-state index < -0.39 is 0 Å². The minimum absolute atomic E-state index is 0.0409. The Labute approximate surface area is 107 Å². The van der Waals surface area contributed by atoms with Crippen molar-refractivity contribution >= 4 is 22.9 Å². The van der Waals surface area contributed by atoms with Gasteiger partial charge in [0.25, 0.3) is 5.91 Å². The van der Waals surface area contributed by atoms with Crippen LogP contribution < -0.4 is 5.32 Å². The number of hydrogen-bond donors (Lipinski definition) is 2. The molecule has 0 spiro atoms. The van der Waals surface area contributed by atoms with Crippen molar-refractivity contribution in [3.63, 3.8) is 0 Å². The Balaban J connectivity index is 2.02. The molecule has 0 saturated carbocycles. The number of nitrogens with zero attached hydrogens (tertiary/aromatic N) is 1. The summed E-state index contributed by atoms with van der Waals surface area (Å²) in [4.78, 5) is 12.6. The first-order chi connectivity index (χ1) is 8.79. The fraction of sp³-hybridized carbons (Fsp3) is 0.167. The highest BCUT2D eigenvalue weighted by Gasteiger charge is 2.09. The van der Waals surface area contributed by atoms with Crippen molar-refractivity contribution in [2.24, 2.45) is 0 Å². The van der Waals surface area contributed by atoms with Crippen LogP contribution in [0.3, 0.4) is 0 Å². The number of carbonyl (C=O) groups is 1. The molecule has 2 heterocycles. The molecule has 18 heavy (non-hydrogen) atoms. The molecule has 0 aliphatic heterocycles. The molecule has 6 heteroatoms. The van der Waals surface area contributed by atoms with Crippen LogP contribution in [0.2, 0.25) is 0 Å². The maximum atomic E-state index is 11.8. The Bertz CT molecular complexity index is 578. The molecule has 0 radical (unpaired) electrons. The molecule has 0 fully saturated rings. The molecule has 92 valence electrons. The second-order valence-corrected chi connectivity index (χ2v) is 4.25. The van der Waals surface area contributed by atoms with Gasteiger partial charge in [-0.2, -0.15) is 0 Å². The summed E-state index contributed by atoms with van der Waals surface area (Å²) in [6, 6.07) is 1.71. The summed E-state index contributed by atoms with van der Waals surface area (Å²) in [5.41, 5.74) is 1.05. The van der Waals surface area contributed by atoms with Gasteiger partial charge in [0, 0.05) is 11.8 Å². The van der Waals surface area contributed by atoms with E-state index in [1.165, 1.54) is 23.8 Å². The Hall–Kier alpha value is -2.10. The lowest BCUT2D eigenvalue weighted by Crippen LogP contribution is -2.09. The molecule has 2 rings (SSSR count). The van der Waals surface area contributed by atoms with Crippen LogP contribution >= 0.6 is 11.3 Å². The summed E-state index contributed by atoms with van der Waals surface area (Å²) in [6.07, 6.45) is 3.21. The van der Waals surface area contributed by atoms with E-state index in [9.17, 15) is 4.79 Å². The Morgan fingerprint density at radius 2 is 2.50 bits per heavy atom. The first-order valence-corrected chi connectivity index (χ1v) is 6.06. The number of aliphatic hydroxyl groups is 1. The zero-order valence-corrected chi connectivity index (χ0v) is 10.2. The van der Waals surface area contributed by atoms with Crippen LogP contribution in [0.4, 0.5) is 5.69 Å². The van der Waals surface area contributed by atoms with Gasteiger partial charge in [-0.1, -0.05) is 17.0 Å². The Morgan fingerprint density at radius 3 is 3.22 bits per heavy atom. The number of amides is 1. The third-order valence-electron chi connectivity index (χ3n) is 2.00. The highest BCUT2D eigenvalue weighted by Crippen LogP contribution is 2.15. The third-order valence-corrected chi connectivity index (χ3v) is 2.85. The molecule has 2 N–H and O–H groups in total. The predicted molar refractivity (Wildman–Crippen MR) is 67.4 cm³/mol. The first kappa shape index (κ1) is 12.4. The van der Waals surface area contributed by atoms with Gasteiger partial charge in [0.05, 0.1) is 23.2 Å². The number of aromatic nitrogens is 1. The van der Waals surface area contributed by atoms with Crippen LogP contribution in [0.25, 0.3) is 0 Å². The number of anilines is 1. The lowest BCUT2D eigenvalue weighted by Gasteiger charge is -1.97. The van der Waals surface area contributed by atoms with E-state index in [1.54, 1.807) is 11.4 Å². The molecule has 0 aliphatic carbocycles. The zero-order valence-electron chi connectivity index (χ0n) is 9.34. The van der Waals surface area contributed by atoms with Crippen LogP contribution in [-0.2, 0) is 0 Å². The van der Waals surface area contributed by atoms with E-state index in [0.29, 0.717) is 17.7 Å². The summed E-state index contributed by atoms with van der Waals surface area (Å²) in [5.74, 6) is 5.45. The second kappa shape index (κ2) is 6.00. The number of thiophene rings is 1. The number of hydrogen-bond acceptors (Lipinski definition) is 5. The van der Waals surface area contributed by atoms with Gasteiger partial charge >= 0.3 is 0 Å². The number of rotatable bonds is 3. The van der Waals surface area contributed by atoms with Crippen molar-refractivity contribution < 1.29 is 14.4 Å². The molecule has 2 aromatic heterocycles. The van der Waals surface area contributed by atoms with Gasteiger partial charge in [-0.25, -0.2) is 0 Å². The number of nitrogens with one attached hydrogen (secondary N) is 1. The van der Waals surface area contributed by atoms with Gasteiger partial charge in [-0.15, -0.1) is 11.3 Å². The normalized spacial score (nSPS) is 9.61. The summed E-state index contributed by atoms with van der Waals surface area (Å²) in [5, 5.41) is 16.5. The molecule has 0 bridgehead atoms. The van der Waals surface area contributed by atoms with Gasteiger partial charge in [0.1, 0.15) is 12.0 Å². The molecular weight excluding hydrogens is 252 g/mol. The number of carbonyl (C=O) groups excluding carboxylic acids is 1. The fourth-order valence-corrected chi connectivity index (χ4v) is 1.95. The van der Waals surface area contributed by atoms with E-state index >= 15 is 0 Å². The van der Waals surface area contributed by atoms with Gasteiger partial charge in [0.15, 0.2) is 0 Å². The minimum atomic E-state index is -0.232. The molecule has 0 saturated heterocycles. The van der Waals surface area contributed by atoms with Crippen molar-refractivity contribution in [3.05, 3.63) is 34.3 Å². The van der Waals surface area contributed by atoms with E-state index in [2.05, 4.69) is 26.8 Å². The summed E-state index contributed by atoms with van der Waals surface area (Å²) in [6.45, 7) is 0.0409. The molecular formula is C12H10N2O3S. The zero-order chi connectivity index (χ0) is 12.8. The Kier molecular flexibility index (Phi) is 4.12. The standard InChI is InChI=1S/C12H10N2O3S/c15-4-2-1-3-11-5-9(8-18-11)12(16)14-10-6-13-17-7-10/h5-8,15H,2,4H2,(H,14,16). The highest BCUT2D eigenvalue weighted by atomic mass is 32.1. The summed E-state index contributed by atoms with van der Waals surface area (Å²) in [7, 11) is 0.